The highest BCUT2D eigenvalue weighted by Gasteiger charge is 2.11. The number of hydrogen-bond acceptors (Lipinski definition) is 4. The van der Waals surface area contributed by atoms with Crippen molar-refractivity contribution in [2.24, 2.45) is 0 Å². The second-order valence-electron chi connectivity index (χ2n) is 4.21. The zero-order valence-electron chi connectivity index (χ0n) is 10.1. The van der Waals surface area contributed by atoms with Crippen molar-refractivity contribution in [2.75, 3.05) is 0 Å². The summed E-state index contributed by atoms with van der Waals surface area (Å²) in [6, 6.07) is 6.55. The quantitative estimate of drug-likeness (QED) is 0.520. The van der Waals surface area contributed by atoms with Gasteiger partial charge >= 0.3 is 0 Å². The van der Waals surface area contributed by atoms with E-state index in [1.807, 2.05) is 17.6 Å². The number of nitro groups is 1. The maximum Gasteiger partial charge on any atom is 0.270 e. The summed E-state index contributed by atoms with van der Waals surface area (Å²) in [4.78, 5) is 18.9. The molecule has 0 radical (unpaired) electrons. The predicted octanol–water partition coefficient (Wildman–Crippen LogP) is 2.64. The summed E-state index contributed by atoms with van der Waals surface area (Å²) in [5.74, 6) is 0. The molecule has 2 aromatic heterocycles. The van der Waals surface area contributed by atoms with E-state index in [-0.39, 0.29) is 5.69 Å². The molecule has 0 spiro atoms. The monoisotopic (exact) mass is 254 g/mol. The lowest BCUT2D eigenvalue weighted by Gasteiger charge is -2.08. The van der Waals surface area contributed by atoms with Gasteiger partial charge < -0.3 is 4.57 Å². The van der Waals surface area contributed by atoms with Gasteiger partial charge in [-0.05, 0) is 19.1 Å². The molecule has 2 heterocycles. The number of aryl methyl sites for hydroxylation is 1. The zero-order chi connectivity index (χ0) is 13.4. The summed E-state index contributed by atoms with van der Waals surface area (Å²) in [5.41, 5.74) is 2.47. The molecule has 19 heavy (non-hydrogen) atoms. The van der Waals surface area contributed by atoms with Gasteiger partial charge in [-0.15, -0.1) is 0 Å². The molecule has 0 aliphatic heterocycles. The third-order valence-corrected chi connectivity index (χ3v) is 2.89. The maximum atomic E-state index is 10.9. The molecule has 0 unspecified atom stereocenters. The normalized spacial score (nSPS) is 10.8. The minimum atomic E-state index is -0.406. The fourth-order valence-corrected chi connectivity index (χ4v) is 2.05. The van der Waals surface area contributed by atoms with E-state index in [1.165, 1.54) is 12.1 Å². The smallest absolute Gasteiger partial charge is 0.270 e. The lowest BCUT2D eigenvalue weighted by Crippen LogP contribution is -1.96. The number of pyridine rings is 1. The first-order chi connectivity index (χ1) is 9.15. The average Bonchev–Trinajstić information content (AvgIpc) is 2.90. The van der Waals surface area contributed by atoms with E-state index in [9.17, 15) is 10.1 Å². The van der Waals surface area contributed by atoms with Crippen LogP contribution in [0.1, 0.15) is 5.69 Å². The SMILES string of the molecule is Cc1cc(-n2ccnc2)c2cc([N+](=O)[O-])ccc2n1. The van der Waals surface area contributed by atoms with Crippen molar-refractivity contribution in [1.82, 2.24) is 14.5 Å². The Labute approximate surface area is 108 Å². The van der Waals surface area contributed by atoms with Crippen LogP contribution in [-0.4, -0.2) is 19.5 Å². The number of imidazole rings is 1. The van der Waals surface area contributed by atoms with Gasteiger partial charge in [0.15, 0.2) is 0 Å². The lowest BCUT2D eigenvalue weighted by molar-refractivity contribution is -0.384. The number of non-ortho nitro benzene ring substituents is 1. The molecular weight excluding hydrogens is 244 g/mol. The molecule has 0 aliphatic rings. The summed E-state index contributed by atoms with van der Waals surface area (Å²) < 4.78 is 1.82. The van der Waals surface area contributed by atoms with Crippen LogP contribution in [0.2, 0.25) is 0 Å². The Hall–Kier alpha value is -2.76. The fourth-order valence-electron chi connectivity index (χ4n) is 2.05. The van der Waals surface area contributed by atoms with Crippen LogP contribution in [0.25, 0.3) is 16.6 Å². The summed E-state index contributed by atoms with van der Waals surface area (Å²) in [5, 5.41) is 11.6. The van der Waals surface area contributed by atoms with E-state index in [0.29, 0.717) is 0 Å². The van der Waals surface area contributed by atoms with Gasteiger partial charge in [-0.25, -0.2) is 4.98 Å². The molecule has 3 rings (SSSR count). The van der Waals surface area contributed by atoms with E-state index in [1.54, 1.807) is 24.8 Å². The van der Waals surface area contributed by atoms with Gasteiger partial charge in [-0.3, -0.25) is 15.1 Å². The molecule has 1 aromatic carbocycles. The molecule has 6 nitrogen and oxygen atoms in total. The summed E-state index contributed by atoms with van der Waals surface area (Å²) >= 11 is 0. The number of nitrogens with zero attached hydrogens (tertiary/aromatic N) is 4. The molecule has 0 aliphatic carbocycles. The number of hydrogen-bond donors (Lipinski definition) is 0. The van der Waals surface area contributed by atoms with Crippen LogP contribution in [0, 0.1) is 17.0 Å². The Morgan fingerprint density at radius 1 is 1.32 bits per heavy atom. The van der Waals surface area contributed by atoms with Gasteiger partial charge in [0.25, 0.3) is 5.69 Å². The first kappa shape index (κ1) is 11.3. The van der Waals surface area contributed by atoms with Crippen molar-refractivity contribution in [2.45, 2.75) is 6.92 Å². The Bertz CT molecular complexity index is 766. The third-order valence-electron chi connectivity index (χ3n) is 2.89. The van der Waals surface area contributed by atoms with E-state index in [4.69, 9.17) is 0 Å². The standard InChI is InChI=1S/C13H10N4O2/c1-9-6-13(16-5-4-14-8-16)11-7-10(17(18)19)2-3-12(11)15-9/h2-8H,1H3. The molecule has 0 saturated carbocycles. The van der Waals surface area contributed by atoms with Gasteiger partial charge in [0.2, 0.25) is 0 Å². The molecule has 94 valence electrons. The van der Waals surface area contributed by atoms with Crippen LogP contribution in [-0.2, 0) is 0 Å². The van der Waals surface area contributed by atoms with Crippen molar-refractivity contribution < 1.29 is 4.92 Å². The highest BCUT2D eigenvalue weighted by atomic mass is 16.6. The summed E-state index contributed by atoms with van der Waals surface area (Å²) in [6.07, 6.45) is 5.12. The van der Waals surface area contributed by atoms with Crippen LogP contribution in [0.15, 0.2) is 43.0 Å². The first-order valence-electron chi connectivity index (χ1n) is 5.69. The lowest BCUT2D eigenvalue weighted by atomic mass is 10.1. The third kappa shape index (κ3) is 1.93. The molecule has 0 bridgehead atoms. The molecule has 0 saturated heterocycles. The van der Waals surface area contributed by atoms with Crippen molar-refractivity contribution in [3.8, 4) is 5.69 Å². The highest BCUT2D eigenvalue weighted by Crippen LogP contribution is 2.26. The molecule has 0 amide bonds. The van der Waals surface area contributed by atoms with Gasteiger partial charge in [0.05, 0.1) is 22.5 Å². The van der Waals surface area contributed by atoms with Crippen LogP contribution in [0.4, 0.5) is 5.69 Å². The Kier molecular flexibility index (Phi) is 2.49. The van der Waals surface area contributed by atoms with E-state index < -0.39 is 4.92 Å². The van der Waals surface area contributed by atoms with E-state index in [0.717, 1.165) is 22.3 Å². The van der Waals surface area contributed by atoms with Crippen LogP contribution in [0.5, 0.6) is 0 Å². The van der Waals surface area contributed by atoms with Gasteiger partial charge in [-0.2, -0.15) is 0 Å². The Morgan fingerprint density at radius 3 is 2.84 bits per heavy atom. The molecular formula is C13H10N4O2. The average molecular weight is 254 g/mol. The van der Waals surface area contributed by atoms with E-state index in [2.05, 4.69) is 9.97 Å². The number of fused-ring (bicyclic) bond motifs is 1. The number of rotatable bonds is 2. The molecule has 0 fully saturated rings. The van der Waals surface area contributed by atoms with Crippen LogP contribution in [0.3, 0.4) is 0 Å². The highest BCUT2D eigenvalue weighted by molar-refractivity contribution is 5.89. The van der Waals surface area contributed by atoms with E-state index >= 15 is 0 Å². The topological polar surface area (TPSA) is 73.8 Å². The zero-order valence-corrected chi connectivity index (χ0v) is 10.1. The number of benzene rings is 1. The van der Waals surface area contributed by atoms with Crippen molar-refractivity contribution in [3.63, 3.8) is 0 Å². The molecule has 3 aromatic rings. The van der Waals surface area contributed by atoms with Crippen LogP contribution >= 0.6 is 0 Å². The Morgan fingerprint density at radius 2 is 2.16 bits per heavy atom. The molecule has 0 N–H and O–H groups in total. The minimum absolute atomic E-state index is 0.0551. The van der Waals surface area contributed by atoms with Crippen LogP contribution < -0.4 is 0 Å². The Balaban J connectivity index is 2.35. The largest absolute Gasteiger partial charge is 0.306 e. The van der Waals surface area contributed by atoms with Gasteiger partial charge in [-0.1, -0.05) is 0 Å². The van der Waals surface area contributed by atoms with Crippen molar-refractivity contribution >= 4 is 16.6 Å². The minimum Gasteiger partial charge on any atom is -0.306 e. The second kappa shape index (κ2) is 4.16. The maximum absolute atomic E-state index is 10.9. The summed E-state index contributed by atoms with van der Waals surface area (Å²) in [7, 11) is 0. The van der Waals surface area contributed by atoms with Gasteiger partial charge in [0, 0.05) is 35.6 Å². The first-order valence-corrected chi connectivity index (χ1v) is 5.69. The van der Waals surface area contributed by atoms with Crippen molar-refractivity contribution in [3.05, 3.63) is 58.8 Å². The van der Waals surface area contributed by atoms with Crippen molar-refractivity contribution in [1.29, 1.82) is 0 Å². The molecule has 0 atom stereocenters. The predicted molar refractivity (Wildman–Crippen MR) is 70.3 cm³/mol. The summed E-state index contributed by atoms with van der Waals surface area (Å²) in [6.45, 7) is 1.89. The molecule has 6 heteroatoms. The number of nitro benzene ring substituents is 1. The fraction of sp³-hybridized carbons (Fsp3) is 0.0769. The second-order valence-corrected chi connectivity index (χ2v) is 4.21. The number of aromatic nitrogens is 3. The van der Waals surface area contributed by atoms with Gasteiger partial charge in [0.1, 0.15) is 0 Å².